The zero-order valence-electron chi connectivity index (χ0n) is 15.2. The summed E-state index contributed by atoms with van der Waals surface area (Å²) < 4.78 is 14.8. The topological polar surface area (TPSA) is 64.2 Å². The lowest BCUT2D eigenvalue weighted by Gasteiger charge is -2.23. The quantitative estimate of drug-likeness (QED) is 0.780. The van der Waals surface area contributed by atoms with Crippen LogP contribution in [0.2, 0.25) is 0 Å². The third kappa shape index (κ3) is 4.66. The number of carbonyl (C=O) groups excluding carboxylic acids is 1. The fraction of sp³-hybridized carbons (Fsp3) is 0.526. The second-order valence-corrected chi connectivity index (χ2v) is 6.88. The molecule has 7 heteroatoms. The Bertz CT molecular complexity index is 709. The molecule has 6 nitrogen and oxygen atoms in total. The van der Waals surface area contributed by atoms with Crippen molar-refractivity contribution in [3.63, 3.8) is 0 Å². The highest BCUT2D eigenvalue weighted by molar-refractivity contribution is 5.91. The number of rotatable bonds is 7. The van der Waals surface area contributed by atoms with Crippen molar-refractivity contribution in [2.75, 3.05) is 26.2 Å². The third-order valence-corrected chi connectivity index (χ3v) is 5.03. The van der Waals surface area contributed by atoms with Gasteiger partial charge in [-0.15, -0.1) is 5.10 Å². The summed E-state index contributed by atoms with van der Waals surface area (Å²) in [5, 5.41) is 11.1. The molecule has 26 heavy (non-hydrogen) atoms. The fourth-order valence-electron chi connectivity index (χ4n) is 3.54. The molecular weight excluding hydrogens is 333 g/mol. The number of nitrogens with one attached hydrogen (secondary N) is 2. The van der Waals surface area contributed by atoms with E-state index in [0.717, 1.165) is 18.5 Å². The van der Waals surface area contributed by atoms with Crippen LogP contribution in [0.4, 0.5) is 4.39 Å². The van der Waals surface area contributed by atoms with E-state index in [0.29, 0.717) is 12.2 Å². The first kappa shape index (κ1) is 18.5. The van der Waals surface area contributed by atoms with Gasteiger partial charge in [0.15, 0.2) is 5.69 Å². The molecule has 0 saturated carbocycles. The molecule has 0 aliphatic carbocycles. The number of aromatic nitrogens is 3. The van der Waals surface area contributed by atoms with Crippen LogP contribution in [0, 0.1) is 5.82 Å². The Labute approximate surface area is 153 Å². The molecule has 0 spiro atoms. The highest BCUT2D eigenvalue weighted by Crippen LogP contribution is 2.21. The third-order valence-electron chi connectivity index (χ3n) is 5.03. The molecule has 3 rings (SSSR count). The van der Waals surface area contributed by atoms with Gasteiger partial charge in [-0.25, -0.2) is 9.07 Å². The van der Waals surface area contributed by atoms with Crippen LogP contribution in [0.5, 0.6) is 0 Å². The van der Waals surface area contributed by atoms with E-state index >= 15 is 0 Å². The standard InChI is InChI=1S/C19H26FN5O/c1-2-18(15-6-8-16(20)9-7-15)25-14-17(22-23-25)19(26)21-10-13-24-11-4-3-5-12-24/h6-9,14,18H,2-5,10-13H2,1H3,(H,21,26)/p+1/t18-/m1/s1. The smallest absolute Gasteiger partial charge is 0.273 e. The van der Waals surface area contributed by atoms with Crippen molar-refractivity contribution in [3.05, 3.63) is 47.5 Å². The molecule has 0 bridgehead atoms. The van der Waals surface area contributed by atoms with Crippen LogP contribution in [-0.2, 0) is 0 Å². The Hall–Kier alpha value is -2.28. The number of nitrogens with zero attached hydrogens (tertiary/aromatic N) is 3. The molecule has 1 aliphatic heterocycles. The van der Waals surface area contributed by atoms with Gasteiger partial charge in [0.1, 0.15) is 5.82 Å². The van der Waals surface area contributed by atoms with Crippen LogP contribution in [0.3, 0.4) is 0 Å². The molecule has 2 aromatic rings. The van der Waals surface area contributed by atoms with E-state index in [1.54, 1.807) is 27.9 Å². The highest BCUT2D eigenvalue weighted by Gasteiger charge is 2.18. The van der Waals surface area contributed by atoms with Crippen LogP contribution >= 0.6 is 0 Å². The Morgan fingerprint density at radius 2 is 2.00 bits per heavy atom. The van der Waals surface area contributed by atoms with Gasteiger partial charge in [0.2, 0.25) is 0 Å². The van der Waals surface area contributed by atoms with Crippen LogP contribution in [0.25, 0.3) is 0 Å². The second kappa shape index (κ2) is 8.89. The van der Waals surface area contributed by atoms with Gasteiger partial charge in [-0.3, -0.25) is 4.79 Å². The van der Waals surface area contributed by atoms with Crippen molar-refractivity contribution in [2.24, 2.45) is 0 Å². The largest absolute Gasteiger partial charge is 0.345 e. The number of benzene rings is 1. The number of hydrogen-bond donors (Lipinski definition) is 2. The zero-order chi connectivity index (χ0) is 18.4. The van der Waals surface area contributed by atoms with Crippen molar-refractivity contribution in [1.29, 1.82) is 0 Å². The lowest BCUT2D eigenvalue weighted by molar-refractivity contribution is -0.903. The van der Waals surface area contributed by atoms with Crippen LogP contribution in [0.15, 0.2) is 30.5 Å². The van der Waals surface area contributed by atoms with E-state index < -0.39 is 0 Å². The Morgan fingerprint density at radius 1 is 1.27 bits per heavy atom. The summed E-state index contributed by atoms with van der Waals surface area (Å²) in [6, 6.07) is 6.29. The van der Waals surface area contributed by atoms with Crippen molar-refractivity contribution >= 4 is 5.91 Å². The Morgan fingerprint density at radius 3 is 2.69 bits per heavy atom. The molecule has 1 saturated heterocycles. The van der Waals surface area contributed by atoms with Gasteiger partial charge in [0.05, 0.1) is 38.4 Å². The first-order chi connectivity index (χ1) is 12.7. The number of quaternary nitrogens is 1. The van der Waals surface area contributed by atoms with E-state index in [9.17, 15) is 9.18 Å². The van der Waals surface area contributed by atoms with Gasteiger partial charge in [0, 0.05) is 0 Å². The summed E-state index contributed by atoms with van der Waals surface area (Å²) in [6.07, 6.45) is 6.32. The predicted octanol–water partition coefficient (Wildman–Crippen LogP) is 1.22. The minimum Gasteiger partial charge on any atom is -0.345 e. The normalized spacial score (nSPS) is 16.4. The number of amides is 1. The number of piperidine rings is 1. The lowest BCUT2D eigenvalue weighted by Crippen LogP contribution is -3.13. The summed E-state index contributed by atoms with van der Waals surface area (Å²) in [5.74, 6) is -0.459. The van der Waals surface area contributed by atoms with E-state index in [2.05, 4.69) is 15.6 Å². The first-order valence-corrected chi connectivity index (χ1v) is 9.46. The maximum Gasteiger partial charge on any atom is 0.273 e. The van der Waals surface area contributed by atoms with E-state index in [1.807, 2.05) is 6.92 Å². The van der Waals surface area contributed by atoms with Crippen molar-refractivity contribution < 1.29 is 14.1 Å². The van der Waals surface area contributed by atoms with Gasteiger partial charge in [0.25, 0.3) is 5.91 Å². The van der Waals surface area contributed by atoms with Crippen molar-refractivity contribution in [1.82, 2.24) is 20.3 Å². The average Bonchev–Trinajstić information content (AvgIpc) is 3.15. The number of halogens is 1. The molecule has 1 aromatic carbocycles. The number of likely N-dealkylation sites (tertiary alicyclic amines) is 1. The number of carbonyl (C=O) groups is 1. The minimum absolute atomic E-state index is 0.0672. The molecular formula is C19H27FN5O+. The summed E-state index contributed by atoms with van der Waals surface area (Å²) in [6.45, 7) is 6.02. The van der Waals surface area contributed by atoms with Crippen molar-refractivity contribution in [3.8, 4) is 0 Å². The molecule has 0 radical (unpaired) electrons. The van der Waals surface area contributed by atoms with Crippen LogP contribution in [0.1, 0.15) is 54.7 Å². The number of hydrogen-bond acceptors (Lipinski definition) is 3. The Kier molecular flexibility index (Phi) is 6.33. The average molecular weight is 360 g/mol. The van der Waals surface area contributed by atoms with Gasteiger partial charge in [-0.1, -0.05) is 24.3 Å². The summed E-state index contributed by atoms with van der Waals surface area (Å²) >= 11 is 0. The fourth-order valence-corrected chi connectivity index (χ4v) is 3.54. The van der Waals surface area contributed by atoms with Gasteiger partial charge in [-0.2, -0.15) is 0 Å². The summed E-state index contributed by atoms with van der Waals surface area (Å²) in [5.41, 5.74) is 1.26. The summed E-state index contributed by atoms with van der Waals surface area (Å²) in [4.78, 5) is 13.9. The first-order valence-electron chi connectivity index (χ1n) is 9.46. The molecule has 0 unspecified atom stereocenters. The molecule has 2 N–H and O–H groups in total. The van der Waals surface area contributed by atoms with Gasteiger partial charge in [-0.05, 0) is 43.4 Å². The summed E-state index contributed by atoms with van der Waals surface area (Å²) in [7, 11) is 0. The van der Waals surface area contributed by atoms with E-state index in [1.165, 1.54) is 44.5 Å². The van der Waals surface area contributed by atoms with E-state index in [4.69, 9.17) is 0 Å². The molecule has 1 aromatic heterocycles. The molecule has 1 aliphatic rings. The van der Waals surface area contributed by atoms with Crippen LogP contribution < -0.4 is 10.2 Å². The predicted molar refractivity (Wildman–Crippen MR) is 96.6 cm³/mol. The second-order valence-electron chi connectivity index (χ2n) is 6.88. The highest BCUT2D eigenvalue weighted by atomic mass is 19.1. The van der Waals surface area contributed by atoms with E-state index in [-0.39, 0.29) is 17.8 Å². The van der Waals surface area contributed by atoms with Crippen molar-refractivity contribution in [2.45, 2.75) is 38.6 Å². The zero-order valence-corrected chi connectivity index (χ0v) is 15.2. The molecule has 1 atom stereocenters. The molecule has 2 heterocycles. The SMILES string of the molecule is CC[C@H](c1ccc(F)cc1)n1cc(C(=O)NCC[NH+]2CCCCC2)nn1. The molecule has 140 valence electrons. The maximum atomic E-state index is 13.1. The van der Waals surface area contributed by atoms with Gasteiger partial charge < -0.3 is 10.2 Å². The molecule has 1 amide bonds. The molecule has 1 fully saturated rings. The van der Waals surface area contributed by atoms with Gasteiger partial charge >= 0.3 is 0 Å². The maximum absolute atomic E-state index is 13.1. The Balaban J connectivity index is 1.57. The lowest BCUT2D eigenvalue weighted by atomic mass is 10.0. The monoisotopic (exact) mass is 360 g/mol. The van der Waals surface area contributed by atoms with Crippen LogP contribution in [-0.4, -0.2) is 47.1 Å². The minimum atomic E-state index is -0.266.